The third kappa shape index (κ3) is 4.74. The molecule has 9 nitrogen and oxygen atoms in total. The molecule has 0 atom stereocenters. The molecule has 0 bridgehead atoms. The van der Waals surface area contributed by atoms with Crippen LogP contribution in [0, 0.1) is 0 Å². The number of rotatable bonds is 8. The molecular formula is C16H17N5O4S2. The largest absolute Gasteiger partial charge is 0.493 e. The van der Waals surface area contributed by atoms with Gasteiger partial charge in [-0.15, -0.1) is 20.4 Å². The number of nitrogens with one attached hydrogen (secondary N) is 1. The van der Waals surface area contributed by atoms with Crippen LogP contribution in [0.25, 0.3) is 11.5 Å². The lowest BCUT2D eigenvalue weighted by molar-refractivity contribution is -0.113. The highest BCUT2D eigenvalue weighted by Gasteiger charge is 2.14. The molecule has 0 aliphatic heterocycles. The van der Waals surface area contributed by atoms with Gasteiger partial charge < -0.3 is 13.9 Å². The summed E-state index contributed by atoms with van der Waals surface area (Å²) in [5.74, 6) is 1.40. The minimum absolute atomic E-state index is 0.120. The summed E-state index contributed by atoms with van der Waals surface area (Å²) in [6, 6.07) is 5.29. The number of hydrogen-bond acceptors (Lipinski definition) is 10. The Bertz CT molecular complexity index is 927. The maximum Gasteiger partial charge on any atom is 0.277 e. The van der Waals surface area contributed by atoms with Crippen molar-refractivity contribution >= 4 is 34.1 Å². The van der Waals surface area contributed by atoms with E-state index in [1.165, 1.54) is 11.3 Å². The Labute approximate surface area is 163 Å². The lowest BCUT2D eigenvalue weighted by Crippen LogP contribution is -2.13. The molecule has 0 aliphatic carbocycles. The van der Waals surface area contributed by atoms with E-state index in [2.05, 4.69) is 25.7 Å². The first-order valence-electron chi connectivity index (χ1n) is 7.93. The second kappa shape index (κ2) is 8.82. The Balaban J connectivity index is 1.60. The second-order valence-corrected chi connectivity index (χ2v) is 7.12. The number of aryl methyl sites for hydroxylation is 1. The van der Waals surface area contributed by atoms with Crippen molar-refractivity contribution in [3.05, 3.63) is 23.2 Å². The predicted molar refractivity (Wildman–Crippen MR) is 101 cm³/mol. The maximum atomic E-state index is 12.0. The minimum Gasteiger partial charge on any atom is -0.493 e. The van der Waals surface area contributed by atoms with Gasteiger partial charge in [0.2, 0.25) is 16.9 Å². The fourth-order valence-corrected chi connectivity index (χ4v) is 3.34. The van der Waals surface area contributed by atoms with E-state index in [0.717, 1.165) is 23.2 Å². The molecule has 0 saturated heterocycles. The standard InChI is InChI=1S/C16H17N5O4S2/c1-4-13-18-20-15(27-13)17-12(22)8-26-16-21-19-14(25-16)9-5-6-10(23-2)11(7-9)24-3/h5-7H,4,8H2,1-3H3,(H,17,20,22). The van der Waals surface area contributed by atoms with E-state index in [9.17, 15) is 4.79 Å². The SMILES string of the molecule is CCc1nnc(NC(=O)CSc2nnc(-c3ccc(OC)c(OC)c3)o2)s1. The van der Waals surface area contributed by atoms with E-state index in [0.29, 0.717) is 33.3 Å². The van der Waals surface area contributed by atoms with E-state index in [-0.39, 0.29) is 11.7 Å². The molecule has 0 unspecified atom stereocenters. The minimum atomic E-state index is -0.218. The molecule has 1 amide bonds. The number of nitrogens with zero attached hydrogens (tertiary/aromatic N) is 4. The highest BCUT2D eigenvalue weighted by Crippen LogP contribution is 2.32. The van der Waals surface area contributed by atoms with Crippen molar-refractivity contribution in [3.63, 3.8) is 0 Å². The summed E-state index contributed by atoms with van der Waals surface area (Å²) in [4.78, 5) is 12.0. The van der Waals surface area contributed by atoms with Gasteiger partial charge in [-0.25, -0.2) is 0 Å². The Morgan fingerprint density at radius 2 is 2.00 bits per heavy atom. The number of hydrogen-bond donors (Lipinski definition) is 1. The summed E-state index contributed by atoms with van der Waals surface area (Å²) in [6.07, 6.45) is 0.781. The fraction of sp³-hybridized carbons (Fsp3) is 0.312. The number of carbonyl (C=O) groups is 1. The molecule has 0 fully saturated rings. The van der Waals surface area contributed by atoms with Gasteiger partial charge in [-0.05, 0) is 24.6 Å². The topological polar surface area (TPSA) is 112 Å². The number of anilines is 1. The summed E-state index contributed by atoms with van der Waals surface area (Å²) in [7, 11) is 3.12. The number of carbonyl (C=O) groups excluding carboxylic acids is 1. The van der Waals surface area contributed by atoms with Crippen molar-refractivity contribution in [2.45, 2.75) is 18.6 Å². The van der Waals surface area contributed by atoms with Crippen LogP contribution in [0.1, 0.15) is 11.9 Å². The van der Waals surface area contributed by atoms with E-state index in [1.54, 1.807) is 32.4 Å². The molecular weight excluding hydrogens is 390 g/mol. The number of methoxy groups -OCH3 is 2. The molecule has 3 rings (SSSR count). The van der Waals surface area contributed by atoms with Crippen molar-refractivity contribution in [1.82, 2.24) is 20.4 Å². The van der Waals surface area contributed by atoms with Crippen molar-refractivity contribution in [1.29, 1.82) is 0 Å². The number of amides is 1. The normalized spacial score (nSPS) is 10.6. The zero-order chi connectivity index (χ0) is 19.2. The molecule has 0 saturated carbocycles. The van der Waals surface area contributed by atoms with Crippen LogP contribution < -0.4 is 14.8 Å². The van der Waals surface area contributed by atoms with E-state index >= 15 is 0 Å². The first-order chi connectivity index (χ1) is 13.1. The van der Waals surface area contributed by atoms with Crippen molar-refractivity contribution in [3.8, 4) is 23.0 Å². The van der Waals surface area contributed by atoms with Gasteiger partial charge in [0.05, 0.1) is 20.0 Å². The van der Waals surface area contributed by atoms with Gasteiger partial charge in [0.1, 0.15) is 5.01 Å². The summed E-state index contributed by atoms with van der Waals surface area (Å²) in [5, 5.41) is 20.2. The van der Waals surface area contributed by atoms with E-state index in [4.69, 9.17) is 13.9 Å². The third-order valence-corrected chi connectivity index (χ3v) is 5.18. The summed E-state index contributed by atoms with van der Waals surface area (Å²) < 4.78 is 16.1. The Morgan fingerprint density at radius 3 is 2.70 bits per heavy atom. The monoisotopic (exact) mass is 407 g/mol. The average Bonchev–Trinajstić information content (AvgIpc) is 3.35. The number of benzene rings is 1. The summed E-state index contributed by atoms with van der Waals surface area (Å²) >= 11 is 2.50. The second-order valence-electron chi connectivity index (χ2n) is 5.13. The number of ether oxygens (including phenoxy) is 2. The zero-order valence-electron chi connectivity index (χ0n) is 14.9. The molecule has 0 spiro atoms. The van der Waals surface area contributed by atoms with Gasteiger partial charge in [0, 0.05) is 5.56 Å². The molecule has 3 aromatic rings. The first-order valence-corrected chi connectivity index (χ1v) is 9.74. The summed E-state index contributed by atoms with van der Waals surface area (Å²) in [6.45, 7) is 1.98. The molecule has 142 valence electrons. The van der Waals surface area contributed by atoms with Gasteiger partial charge in [0.25, 0.3) is 5.22 Å². The molecule has 2 aromatic heterocycles. The number of thioether (sulfide) groups is 1. The molecule has 27 heavy (non-hydrogen) atoms. The lowest BCUT2D eigenvalue weighted by atomic mass is 10.2. The van der Waals surface area contributed by atoms with Crippen LogP contribution in [0.5, 0.6) is 11.5 Å². The molecule has 0 aliphatic rings. The van der Waals surface area contributed by atoms with Crippen molar-refractivity contribution in [2.75, 3.05) is 25.3 Å². The average molecular weight is 407 g/mol. The molecule has 1 N–H and O–H groups in total. The van der Waals surface area contributed by atoms with Crippen LogP contribution in [0.4, 0.5) is 5.13 Å². The lowest BCUT2D eigenvalue weighted by Gasteiger charge is -2.07. The van der Waals surface area contributed by atoms with E-state index < -0.39 is 0 Å². The number of aromatic nitrogens is 4. The highest BCUT2D eigenvalue weighted by atomic mass is 32.2. The van der Waals surface area contributed by atoms with Gasteiger partial charge in [0.15, 0.2) is 11.5 Å². The van der Waals surface area contributed by atoms with Crippen molar-refractivity contribution in [2.24, 2.45) is 0 Å². The Hall–Kier alpha value is -2.66. The smallest absolute Gasteiger partial charge is 0.277 e. The van der Waals surface area contributed by atoms with Crippen LogP contribution in [0.15, 0.2) is 27.8 Å². The zero-order valence-corrected chi connectivity index (χ0v) is 16.5. The Morgan fingerprint density at radius 1 is 1.19 bits per heavy atom. The van der Waals surface area contributed by atoms with Gasteiger partial charge >= 0.3 is 0 Å². The molecule has 2 heterocycles. The molecule has 11 heteroatoms. The third-order valence-electron chi connectivity index (χ3n) is 3.38. The molecule has 0 radical (unpaired) electrons. The van der Waals surface area contributed by atoms with Crippen molar-refractivity contribution < 1.29 is 18.7 Å². The van der Waals surface area contributed by atoms with Crippen LogP contribution in [0.3, 0.4) is 0 Å². The van der Waals surface area contributed by atoms with Crippen LogP contribution in [-0.4, -0.2) is 46.3 Å². The van der Waals surface area contributed by atoms with Gasteiger partial charge in [-0.3, -0.25) is 10.1 Å². The Kier molecular flexibility index (Phi) is 6.24. The maximum absolute atomic E-state index is 12.0. The molecule has 1 aromatic carbocycles. The first kappa shape index (κ1) is 19.1. The van der Waals surface area contributed by atoms with Gasteiger partial charge in [-0.2, -0.15) is 0 Å². The quantitative estimate of drug-likeness (QED) is 0.563. The predicted octanol–water partition coefficient (Wildman–Crippen LogP) is 2.90. The fourth-order valence-electron chi connectivity index (χ4n) is 2.08. The van der Waals surface area contributed by atoms with Crippen LogP contribution in [0.2, 0.25) is 0 Å². The summed E-state index contributed by atoms with van der Waals surface area (Å²) in [5.41, 5.74) is 0.692. The van der Waals surface area contributed by atoms with Crippen LogP contribution in [-0.2, 0) is 11.2 Å². The van der Waals surface area contributed by atoms with Gasteiger partial charge in [-0.1, -0.05) is 30.0 Å². The van der Waals surface area contributed by atoms with Crippen LogP contribution >= 0.6 is 23.1 Å². The highest BCUT2D eigenvalue weighted by molar-refractivity contribution is 7.99. The van der Waals surface area contributed by atoms with E-state index in [1.807, 2.05) is 6.92 Å².